The number of benzene rings is 1. The van der Waals surface area contributed by atoms with Crippen molar-refractivity contribution in [3.63, 3.8) is 0 Å². The van der Waals surface area contributed by atoms with Gasteiger partial charge in [-0.1, -0.05) is 60.2 Å². The maximum atomic E-state index is 12.2. The van der Waals surface area contributed by atoms with E-state index in [1.807, 2.05) is 30.3 Å². The number of nitrogens with one attached hydrogen (secondary N) is 6. The van der Waals surface area contributed by atoms with Crippen molar-refractivity contribution >= 4 is 17.7 Å². The van der Waals surface area contributed by atoms with Crippen molar-refractivity contribution in [1.82, 2.24) is 31.2 Å². The van der Waals surface area contributed by atoms with Gasteiger partial charge < -0.3 is 31.9 Å². The number of allylic oxidation sites excluding steroid dienone is 2. The van der Waals surface area contributed by atoms with Crippen LogP contribution in [0, 0.1) is 5.92 Å². The van der Waals surface area contributed by atoms with E-state index in [9.17, 15) is 4.79 Å². The normalized spacial score (nSPS) is 17.5. The number of amides is 2. The molecule has 6 N–H and O–H groups in total. The molecule has 2 amide bonds. The zero-order valence-electron chi connectivity index (χ0n) is 27.0. The second-order valence-corrected chi connectivity index (χ2v) is 12.6. The van der Waals surface area contributed by atoms with Gasteiger partial charge in [0.05, 0.1) is 6.17 Å². The summed E-state index contributed by atoms with van der Waals surface area (Å²) in [5.74, 6) is 2.53. The first kappa shape index (κ1) is 31.8. The SMILES string of the molecule is CC(NCCC1=CC(C2CNc3nc(CCNC(=O)NCc4ccccc4)ccc3C2)=CC1)NCCc1ccc2c(n1)NCCC2. The minimum absolute atomic E-state index is 0.158. The summed E-state index contributed by atoms with van der Waals surface area (Å²) in [6, 6.07) is 18.5. The van der Waals surface area contributed by atoms with Crippen LogP contribution < -0.4 is 31.9 Å². The van der Waals surface area contributed by atoms with Gasteiger partial charge >= 0.3 is 6.03 Å². The summed E-state index contributed by atoms with van der Waals surface area (Å²) in [5.41, 5.74) is 8.76. The van der Waals surface area contributed by atoms with Crippen molar-refractivity contribution in [3.8, 4) is 0 Å². The molecule has 1 aliphatic carbocycles. The molecular weight excluding hydrogens is 572 g/mol. The van der Waals surface area contributed by atoms with E-state index >= 15 is 0 Å². The van der Waals surface area contributed by atoms with Gasteiger partial charge in [-0.2, -0.15) is 0 Å². The fourth-order valence-corrected chi connectivity index (χ4v) is 6.43. The van der Waals surface area contributed by atoms with E-state index in [0.717, 1.165) is 86.9 Å². The summed E-state index contributed by atoms with van der Waals surface area (Å²) in [6.07, 6.45) is 12.1. The van der Waals surface area contributed by atoms with Gasteiger partial charge in [-0.3, -0.25) is 0 Å². The van der Waals surface area contributed by atoms with Crippen LogP contribution in [0.1, 0.15) is 54.3 Å². The Morgan fingerprint density at radius 1 is 0.870 bits per heavy atom. The number of aryl methyl sites for hydroxylation is 1. The van der Waals surface area contributed by atoms with Gasteiger partial charge in [-0.05, 0) is 73.4 Å². The predicted molar refractivity (Wildman–Crippen MR) is 186 cm³/mol. The summed E-state index contributed by atoms with van der Waals surface area (Å²) in [4.78, 5) is 21.8. The molecule has 1 aromatic carbocycles. The van der Waals surface area contributed by atoms with Gasteiger partial charge in [-0.25, -0.2) is 14.8 Å². The number of aromatic nitrogens is 2. The quantitative estimate of drug-likeness (QED) is 0.143. The monoisotopic (exact) mass is 620 g/mol. The molecule has 0 bridgehead atoms. The largest absolute Gasteiger partial charge is 0.370 e. The number of fused-ring (bicyclic) bond motifs is 2. The van der Waals surface area contributed by atoms with Crippen LogP contribution in [0.3, 0.4) is 0 Å². The number of urea groups is 1. The van der Waals surface area contributed by atoms with E-state index in [-0.39, 0.29) is 12.2 Å². The lowest BCUT2D eigenvalue weighted by Gasteiger charge is -2.26. The van der Waals surface area contributed by atoms with E-state index in [1.54, 1.807) is 0 Å². The first-order valence-corrected chi connectivity index (χ1v) is 17.0. The Kier molecular flexibility index (Phi) is 11.0. The molecule has 0 saturated carbocycles. The smallest absolute Gasteiger partial charge is 0.315 e. The minimum atomic E-state index is -0.158. The highest BCUT2D eigenvalue weighted by atomic mass is 16.2. The van der Waals surface area contributed by atoms with Crippen LogP contribution in [-0.2, 0) is 32.2 Å². The Morgan fingerprint density at radius 2 is 1.61 bits per heavy atom. The molecule has 46 heavy (non-hydrogen) atoms. The van der Waals surface area contributed by atoms with E-state index in [4.69, 9.17) is 9.97 Å². The Balaban J connectivity index is 0.868. The number of pyridine rings is 2. The zero-order chi connectivity index (χ0) is 31.6. The lowest BCUT2D eigenvalue weighted by atomic mass is 9.89. The first-order chi connectivity index (χ1) is 22.6. The molecule has 3 aliphatic rings. The van der Waals surface area contributed by atoms with Crippen LogP contribution >= 0.6 is 0 Å². The highest BCUT2D eigenvalue weighted by molar-refractivity contribution is 5.73. The third kappa shape index (κ3) is 8.95. The maximum Gasteiger partial charge on any atom is 0.315 e. The van der Waals surface area contributed by atoms with Crippen molar-refractivity contribution in [2.24, 2.45) is 5.92 Å². The van der Waals surface area contributed by atoms with Crippen LogP contribution in [0.2, 0.25) is 0 Å². The van der Waals surface area contributed by atoms with E-state index in [0.29, 0.717) is 25.4 Å². The Hall–Kier alpha value is -4.21. The molecule has 6 rings (SSSR count). The van der Waals surface area contributed by atoms with Gasteiger partial charge in [-0.15, -0.1) is 0 Å². The average molecular weight is 621 g/mol. The summed E-state index contributed by atoms with van der Waals surface area (Å²) in [6.45, 7) is 7.05. The fraction of sp³-hybridized carbons (Fsp3) is 0.432. The molecular formula is C37H48N8O. The number of carbonyl (C=O) groups excluding carboxylic acids is 1. The molecule has 3 aromatic rings. The molecule has 4 heterocycles. The summed E-state index contributed by atoms with van der Waals surface area (Å²) >= 11 is 0. The van der Waals surface area contributed by atoms with Crippen molar-refractivity contribution in [2.45, 2.75) is 64.6 Å². The van der Waals surface area contributed by atoms with Crippen LogP contribution in [0.15, 0.2) is 77.9 Å². The van der Waals surface area contributed by atoms with Crippen LogP contribution in [0.4, 0.5) is 16.4 Å². The number of rotatable bonds is 14. The van der Waals surface area contributed by atoms with Crippen molar-refractivity contribution in [3.05, 3.63) is 106 Å². The van der Waals surface area contributed by atoms with E-state index < -0.39 is 0 Å². The molecule has 9 heteroatoms. The second-order valence-electron chi connectivity index (χ2n) is 12.6. The molecule has 0 saturated heterocycles. The third-order valence-corrected chi connectivity index (χ3v) is 9.10. The fourth-order valence-electron chi connectivity index (χ4n) is 6.43. The van der Waals surface area contributed by atoms with Crippen molar-refractivity contribution in [1.29, 1.82) is 0 Å². The third-order valence-electron chi connectivity index (χ3n) is 9.10. The Labute approximate surface area is 273 Å². The number of carbonyl (C=O) groups is 1. The molecule has 9 nitrogen and oxygen atoms in total. The molecule has 0 radical (unpaired) electrons. The lowest BCUT2D eigenvalue weighted by molar-refractivity contribution is 0.240. The summed E-state index contributed by atoms with van der Waals surface area (Å²) in [7, 11) is 0. The standard InChI is InChI=1S/C37H48N8O/c1-26(39-20-16-33-13-11-29-8-5-18-40-35(29)44-33)38-19-15-27-9-10-30(22-27)32-23-31-12-14-34(45-36(31)42-25-32)17-21-41-37(46)43-24-28-6-3-2-4-7-28/h2-4,6-7,10-14,22,26,32,38-39H,5,8-9,15-21,23-25H2,1H3,(H,40,44)(H,42,45)(H2,41,43,46). The molecule has 2 unspecified atom stereocenters. The Morgan fingerprint density at radius 3 is 2.43 bits per heavy atom. The molecule has 2 atom stereocenters. The molecule has 0 fully saturated rings. The second kappa shape index (κ2) is 15.9. The number of nitrogens with zero attached hydrogens (tertiary/aromatic N) is 2. The predicted octanol–water partition coefficient (Wildman–Crippen LogP) is 4.88. The van der Waals surface area contributed by atoms with Crippen molar-refractivity contribution < 1.29 is 4.79 Å². The van der Waals surface area contributed by atoms with Crippen LogP contribution in [-0.4, -0.2) is 54.9 Å². The summed E-state index contributed by atoms with van der Waals surface area (Å²) < 4.78 is 0. The molecule has 242 valence electrons. The van der Waals surface area contributed by atoms with E-state index in [2.05, 4.69) is 75.2 Å². The number of hydrogen-bond acceptors (Lipinski definition) is 7. The Bertz CT molecular complexity index is 1540. The van der Waals surface area contributed by atoms with Crippen molar-refractivity contribution in [2.75, 3.05) is 43.4 Å². The van der Waals surface area contributed by atoms with Gasteiger partial charge in [0.25, 0.3) is 0 Å². The maximum absolute atomic E-state index is 12.2. The summed E-state index contributed by atoms with van der Waals surface area (Å²) in [5, 5.41) is 20.1. The number of hydrogen-bond donors (Lipinski definition) is 6. The number of anilines is 2. The molecule has 2 aliphatic heterocycles. The highest BCUT2D eigenvalue weighted by Crippen LogP contribution is 2.32. The topological polar surface area (TPSA) is 115 Å². The zero-order valence-corrected chi connectivity index (χ0v) is 27.0. The van der Waals surface area contributed by atoms with Crippen LogP contribution in [0.25, 0.3) is 0 Å². The minimum Gasteiger partial charge on any atom is -0.370 e. The highest BCUT2D eigenvalue weighted by Gasteiger charge is 2.24. The van der Waals surface area contributed by atoms with E-state index in [1.165, 1.54) is 28.7 Å². The molecule has 0 spiro atoms. The molecule has 2 aromatic heterocycles. The average Bonchev–Trinajstić information content (AvgIpc) is 3.56. The van der Waals surface area contributed by atoms with Crippen LogP contribution in [0.5, 0.6) is 0 Å². The van der Waals surface area contributed by atoms with Gasteiger partial charge in [0, 0.05) is 69.4 Å². The van der Waals surface area contributed by atoms with Gasteiger partial charge in [0.2, 0.25) is 0 Å². The van der Waals surface area contributed by atoms with Gasteiger partial charge in [0.1, 0.15) is 11.6 Å². The van der Waals surface area contributed by atoms with Gasteiger partial charge in [0.15, 0.2) is 0 Å². The lowest BCUT2D eigenvalue weighted by Crippen LogP contribution is -2.41. The first-order valence-electron chi connectivity index (χ1n) is 17.0.